The van der Waals surface area contributed by atoms with Gasteiger partial charge in [0.15, 0.2) is 0 Å². The molecule has 1 aliphatic rings. The molecule has 2 unspecified atom stereocenters. The number of aromatic nitrogens is 2. The lowest BCUT2D eigenvalue weighted by molar-refractivity contribution is 0.192. The number of nitrogens with zero attached hydrogens (tertiary/aromatic N) is 2. The van der Waals surface area contributed by atoms with E-state index in [4.69, 9.17) is 0 Å². The normalized spacial score (nSPS) is 23.1. The van der Waals surface area contributed by atoms with Gasteiger partial charge in [-0.2, -0.15) is 5.10 Å². The van der Waals surface area contributed by atoms with Gasteiger partial charge in [-0.05, 0) is 53.1 Å². The van der Waals surface area contributed by atoms with E-state index < -0.39 is 0 Å². The molecule has 2 atom stereocenters. The summed E-state index contributed by atoms with van der Waals surface area (Å²) >= 11 is 3.72. The molecule has 0 spiro atoms. The molecule has 1 fully saturated rings. The maximum atomic E-state index is 4.56. The van der Waals surface area contributed by atoms with Crippen molar-refractivity contribution in [2.75, 3.05) is 6.54 Å². The lowest BCUT2D eigenvalue weighted by Crippen LogP contribution is -2.35. The highest BCUT2D eigenvalue weighted by molar-refractivity contribution is 9.10. The summed E-state index contributed by atoms with van der Waals surface area (Å²) in [5.74, 6) is 0.686. The van der Waals surface area contributed by atoms with Crippen LogP contribution in [0.4, 0.5) is 0 Å². The van der Waals surface area contributed by atoms with E-state index in [1.165, 1.54) is 25.0 Å². The maximum absolute atomic E-state index is 4.56. The average Bonchev–Trinajstić information content (AvgIpc) is 2.91. The molecule has 1 aromatic heterocycles. The zero-order valence-corrected chi connectivity index (χ0v) is 14.8. The molecule has 0 saturated heterocycles. The van der Waals surface area contributed by atoms with Crippen molar-refractivity contribution in [2.24, 2.45) is 11.3 Å². The summed E-state index contributed by atoms with van der Waals surface area (Å²) in [6.07, 6.45) is 7.07. The van der Waals surface area contributed by atoms with Gasteiger partial charge in [0.1, 0.15) is 0 Å². The molecule has 1 aromatic rings. The van der Waals surface area contributed by atoms with Crippen LogP contribution < -0.4 is 5.32 Å². The Labute approximate surface area is 131 Å². The standard InChI is InChI=1S/C16H28BrN3/c1-5-10-20-15(13(17)11-19-20)14(18-6-2)12-8-7-9-16(12,3)4/h11-12,14,18H,5-10H2,1-4H3. The number of halogens is 1. The summed E-state index contributed by atoms with van der Waals surface area (Å²) in [5, 5.41) is 8.29. The fourth-order valence-electron chi connectivity index (χ4n) is 3.69. The fourth-order valence-corrected chi connectivity index (χ4v) is 4.23. The minimum atomic E-state index is 0.404. The van der Waals surface area contributed by atoms with Crippen LogP contribution in [-0.2, 0) is 6.54 Å². The Bertz CT molecular complexity index is 439. The smallest absolute Gasteiger partial charge is 0.0698 e. The first-order valence-electron chi connectivity index (χ1n) is 7.95. The van der Waals surface area contributed by atoms with E-state index in [9.17, 15) is 0 Å². The van der Waals surface area contributed by atoms with E-state index in [-0.39, 0.29) is 0 Å². The van der Waals surface area contributed by atoms with Crippen molar-refractivity contribution in [1.82, 2.24) is 15.1 Å². The number of aryl methyl sites for hydroxylation is 1. The zero-order chi connectivity index (χ0) is 14.8. The minimum absolute atomic E-state index is 0.404. The molecule has 1 saturated carbocycles. The summed E-state index contributed by atoms with van der Waals surface area (Å²) in [4.78, 5) is 0. The van der Waals surface area contributed by atoms with Crippen molar-refractivity contribution >= 4 is 15.9 Å². The molecule has 1 N–H and O–H groups in total. The molecule has 0 radical (unpaired) electrons. The van der Waals surface area contributed by atoms with Crippen LogP contribution in [0.1, 0.15) is 65.1 Å². The van der Waals surface area contributed by atoms with Gasteiger partial charge >= 0.3 is 0 Å². The summed E-state index contributed by atoms with van der Waals surface area (Å²) in [6.45, 7) is 11.2. The predicted octanol–water partition coefficient (Wildman–Crippen LogP) is 4.53. The monoisotopic (exact) mass is 341 g/mol. The van der Waals surface area contributed by atoms with E-state index in [0.717, 1.165) is 24.0 Å². The molecule has 0 aliphatic heterocycles. The predicted molar refractivity (Wildman–Crippen MR) is 87.8 cm³/mol. The van der Waals surface area contributed by atoms with Gasteiger partial charge in [0.2, 0.25) is 0 Å². The number of nitrogens with one attached hydrogen (secondary N) is 1. The van der Waals surface area contributed by atoms with Crippen molar-refractivity contribution in [1.29, 1.82) is 0 Å². The number of hydrogen-bond donors (Lipinski definition) is 1. The molecule has 0 aromatic carbocycles. The molecule has 3 nitrogen and oxygen atoms in total. The van der Waals surface area contributed by atoms with Gasteiger partial charge in [-0.1, -0.05) is 34.1 Å². The Morgan fingerprint density at radius 2 is 2.25 bits per heavy atom. The third kappa shape index (κ3) is 3.11. The second kappa shape index (κ2) is 6.61. The zero-order valence-electron chi connectivity index (χ0n) is 13.2. The second-order valence-electron chi connectivity index (χ2n) is 6.62. The Morgan fingerprint density at radius 1 is 1.50 bits per heavy atom. The van der Waals surface area contributed by atoms with E-state index in [1.807, 2.05) is 6.20 Å². The van der Waals surface area contributed by atoms with Crippen LogP contribution in [0, 0.1) is 11.3 Å². The first kappa shape index (κ1) is 16.0. The van der Waals surface area contributed by atoms with Gasteiger partial charge in [0.05, 0.1) is 22.4 Å². The first-order valence-corrected chi connectivity index (χ1v) is 8.75. The van der Waals surface area contributed by atoms with Crippen molar-refractivity contribution in [3.05, 3.63) is 16.4 Å². The van der Waals surface area contributed by atoms with Gasteiger partial charge < -0.3 is 5.32 Å². The van der Waals surface area contributed by atoms with Gasteiger partial charge in [-0.25, -0.2) is 0 Å². The van der Waals surface area contributed by atoms with E-state index in [1.54, 1.807) is 0 Å². The minimum Gasteiger partial charge on any atom is -0.309 e. The van der Waals surface area contributed by atoms with Gasteiger partial charge in [-0.15, -0.1) is 0 Å². The van der Waals surface area contributed by atoms with Crippen LogP contribution in [0.5, 0.6) is 0 Å². The molecule has 0 amide bonds. The Balaban J connectivity index is 2.35. The summed E-state index contributed by atoms with van der Waals surface area (Å²) < 4.78 is 3.34. The third-order valence-corrected chi connectivity index (χ3v) is 5.34. The lowest BCUT2D eigenvalue weighted by Gasteiger charge is -2.35. The molecule has 114 valence electrons. The fraction of sp³-hybridized carbons (Fsp3) is 0.812. The molecule has 1 heterocycles. The molecule has 1 aliphatic carbocycles. The highest BCUT2D eigenvalue weighted by atomic mass is 79.9. The SMILES string of the molecule is CCCn1ncc(Br)c1C(NCC)C1CCCC1(C)C. The highest BCUT2D eigenvalue weighted by Crippen LogP contribution is 2.49. The van der Waals surface area contributed by atoms with Gasteiger partial charge in [0.25, 0.3) is 0 Å². The third-order valence-electron chi connectivity index (χ3n) is 4.73. The van der Waals surface area contributed by atoms with E-state index in [0.29, 0.717) is 17.4 Å². The van der Waals surface area contributed by atoms with Crippen LogP contribution in [-0.4, -0.2) is 16.3 Å². The van der Waals surface area contributed by atoms with Gasteiger partial charge in [0, 0.05) is 6.54 Å². The van der Waals surface area contributed by atoms with Crippen molar-refractivity contribution < 1.29 is 0 Å². The summed E-state index contributed by atoms with van der Waals surface area (Å²) in [5.41, 5.74) is 1.75. The molecular formula is C16H28BrN3. The average molecular weight is 342 g/mol. The summed E-state index contributed by atoms with van der Waals surface area (Å²) in [6, 6.07) is 0.404. The van der Waals surface area contributed by atoms with Crippen LogP contribution in [0.15, 0.2) is 10.7 Å². The largest absolute Gasteiger partial charge is 0.309 e. The first-order chi connectivity index (χ1) is 9.51. The number of rotatable bonds is 6. The second-order valence-corrected chi connectivity index (χ2v) is 7.48. The van der Waals surface area contributed by atoms with Crippen LogP contribution in [0.3, 0.4) is 0 Å². The molecule has 4 heteroatoms. The van der Waals surface area contributed by atoms with Crippen LogP contribution in [0.25, 0.3) is 0 Å². The lowest BCUT2D eigenvalue weighted by atomic mass is 9.76. The topological polar surface area (TPSA) is 29.9 Å². The Kier molecular flexibility index (Phi) is 5.30. The van der Waals surface area contributed by atoms with Crippen LogP contribution >= 0.6 is 15.9 Å². The van der Waals surface area contributed by atoms with E-state index in [2.05, 4.69) is 58.7 Å². The quantitative estimate of drug-likeness (QED) is 0.823. The number of hydrogen-bond acceptors (Lipinski definition) is 2. The summed E-state index contributed by atoms with van der Waals surface area (Å²) in [7, 11) is 0. The molecule has 20 heavy (non-hydrogen) atoms. The molecule has 0 bridgehead atoms. The van der Waals surface area contributed by atoms with Crippen molar-refractivity contribution in [2.45, 2.75) is 66.0 Å². The van der Waals surface area contributed by atoms with Crippen molar-refractivity contribution in [3.63, 3.8) is 0 Å². The Hall–Kier alpha value is -0.350. The van der Waals surface area contributed by atoms with Gasteiger partial charge in [-0.3, -0.25) is 4.68 Å². The highest BCUT2D eigenvalue weighted by Gasteiger charge is 2.41. The molecule has 2 rings (SSSR count). The van der Waals surface area contributed by atoms with Crippen molar-refractivity contribution in [3.8, 4) is 0 Å². The molecular weight excluding hydrogens is 314 g/mol. The van der Waals surface area contributed by atoms with Crippen LogP contribution in [0.2, 0.25) is 0 Å². The van der Waals surface area contributed by atoms with E-state index >= 15 is 0 Å². The Morgan fingerprint density at radius 3 is 2.80 bits per heavy atom. The maximum Gasteiger partial charge on any atom is 0.0698 e.